The van der Waals surface area contributed by atoms with E-state index >= 15 is 0 Å². The summed E-state index contributed by atoms with van der Waals surface area (Å²) in [6.45, 7) is 6.01. The molecule has 122 valence electrons. The maximum atomic E-state index is 12.0. The van der Waals surface area contributed by atoms with Gasteiger partial charge in [-0.1, -0.05) is 18.2 Å². The Hall–Kier alpha value is -1.75. The quantitative estimate of drug-likeness (QED) is 0.792. The summed E-state index contributed by atoms with van der Waals surface area (Å²) in [5.74, 6) is 0.939. The van der Waals surface area contributed by atoms with Crippen LogP contribution < -0.4 is 10.1 Å². The van der Waals surface area contributed by atoms with Gasteiger partial charge in [-0.3, -0.25) is 0 Å². The van der Waals surface area contributed by atoms with Crippen LogP contribution >= 0.6 is 0 Å². The average molecular weight is 306 g/mol. The number of carbonyl (C=O) groups is 1. The van der Waals surface area contributed by atoms with Gasteiger partial charge in [0.05, 0.1) is 19.3 Å². The zero-order chi connectivity index (χ0) is 15.9. The molecular formula is C17H26N2O3. The van der Waals surface area contributed by atoms with Gasteiger partial charge in [0.1, 0.15) is 5.75 Å². The molecule has 2 N–H and O–H groups in total. The first-order chi connectivity index (χ1) is 10.6. The van der Waals surface area contributed by atoms with Gasteiger partial charge in [-0.25, -0.2) is 4.79 Å². The minimum absolute atomic E-state index is 0.0223. The largest absolute Gasteiger partial charge is 0.493 e. The van der Waals surface area contributed by atoms with Gasteiger partial charge in [0.2, 0.25) is 0 Å². The van der Waals surface area contributed by atoms with Crippen molar-refractivity contribution in [3.05, 3.63) is 29.3 Å². The van der Waals surface area contributed by atoms with E-state index in [0.29, 0.717) is 13.2 Å². The summed E-state index contributed by atoms with van der Waals surface area (Å²) in [6.07, 6.45) is 2.62. The first kappa shape index (κ1) is 16.6. The zero-order valence-electron chi connectivity index (χ0n) is 13.5. The molecule has 1 aliphatic rings. The standard InChI is InChI=1S/C17H26N2O3/c1-13-6-3-7-14(2)16(13)22-11-5-9-18-17(21)19-10-4-8-15(19)12-20/h3,6-7,15,20H,4-5,8-12H2,1-2H3,(H,18,21). The SMILES string of the molecule is Cc1cccc(C)c1OCCCNC(=O)N1CCCC1CO. The van der Waals surface area contributed by atoms with Crippen LogP contribution in [0.4, 0.5) is 4.79 Å². The lowest BCUT2D eigenvalue weighted by atomic mass is 10.1. The molecule has 0 bridgehead atoms. The minimum Gasteiger partial charge on any atom is -0.493 e. The normalized spacial score (nSPS) is 17.6. The fourth-order valence-corrected chi connectivity index (χ4v) is 2.86. The predicted octanol–water partition coefficient (Wildman–Crippen LogP) is 2.24. The number of urea groups is 1. The molecule has 1 fully saturated rings. The van der Waals surface area contributed by atoms with Crippen molar-refractivity contribution >= 4 is 6.03 Å². The van der Waals surface area contributed by atoms with Gasteiger partial charge in [-0.2, -0.15) is 0 Å². The third-order valence-corrected chi connectivity index (χ3v) is 4.10. The first-order valence-electron chi connectivity index (χ1n) is 7.98. The molecule has 1 aromatic rings. The van der Waals surface area contributed by atoms with E-state index in [1.165, 1.54) is 0 Å². The summed E-state index contributed by atoms with van der Waals surface area (Å²) in [6, 6.07) is 5.99. The van der Waals surface area contributed by atoms with Crippen LogP contribution in [-0.4, -0.2) is 48.4 Å². The molecule has 0 aromatic heterocycles. The molecule has 0 saturated carbocycles. The molecule has 5 heteroatoms. The van der Waals surface area contributed by atoms with Crippen molar-refractivity contribution < 1.29 is 14.6 Å². The summed E-state index contributed by atoms with van der Waals surface area (Å²) in [7, 11) is 0. The van der Waals surface area contributed by atoms with Crippen LogP contribution in [0.25, 0.3) is 0 Å². The van der Waals surface area contributed by atoms with E-state index in [1.807, 2.05) is 32.0 Å². The third-order valence-electron chi connectivity index (χ3n) is 4.10. The zero-order valence-corrected chi connectivity index (χ0v) is 13.5. The van der Waals surface area contributed by atoms with E-state index in [4.69, 9.17) is 4.74 Å². The summed E-state index contributed by atoms with van der Waals surface area (Å²) < 4.78 is 5.81. The van der Waals surface area contributed by atoms with E-state index in [9.17, 15) is 9.90 Å². The highest BCUT2D eigenvalue weighted by Crippen LogP contribution is 2.22. The summed E-state index contributed by atoms with van der Waals surface area (Å²) in [4.78, 5) is 13.7. The lowest BCUT2D eigenvalue weighted by Crippen LogP contribution is -2.44. The van der Waals surface area contributed by atoms with Gasteiger partial charge in [-0.05, 0) is 44.2 Å². The van der Waals surface area contributed by atoms with Gasteiger partial charge in [-0.15, -0.1) is 0 Å². The van der Waals surface area contributed by atoms with Crippen LogP contribution in [0.3, 0.4) is 0 Å². The third kappa shape index (κ3) is 4.13. The van der Waals surface area contributed by atoms with E-state index in [2.05, 4.69) is 5.32 Å². The van der Waals surface area contributed by atoms with E-state index in [0.717, 1.165) is 42.7 Å². The maximum Gasteiger partial charge on any atom is 0.317 e. The number of amides is 2. The van der Waals surface area contributed by atoms with Crippen LogP contribution in [0.5, 0.6) is 5.75 Å². The summed E-state index contributed by atoms with van der Waals surface area (Å²) >= 11 is 0. The summed E-state index contributed by atoms with van der Waals surface area (Å²) in [5.41, 5.74) is 2.26. The Kier molecular flexibility index (Phi) is 6.07. The molecule has 1 unspecified atom stereocenters. The Balaban J connectivity index is 1.68. The highest BCUT2D eigenvalue weighted by atomic mass is 16.5. The van der Waals surface area contributed by atoms with Crippen molar-refractivity contribution in [3.8, 4) is 5.75 Å². The maximum absolute atomic E-state index is 12.0. The van der Waals surface area contributed by atoms with Crippen LogP contribution in [0.1, 0.15) is 30.4 Å². The number of para-hydroxylation sites is 1. The topological polar surface area (TPSA) is 61.8 Å². The van der Waals surface area contributed by atoms with E-state index < -0.39 is 0 Å². The number of aryl methyl sites for hydroxylation is 2. The van der Waals surface area contributed by atoms with Crippen LogP contribution in [0, 0.1) is 13.8 Å². The highest BCUT2D eigenvalue weighted by molar-refractivity contribution is 5.74. The number of hydrogen-bond donors (Lipinski definition) is 2. The second-order valence-electron chi connectivity index (χ2n) is 5.83. The number of hydrogen-bond acceptors (Lipinski definition) is 3. The monoisotopic (exact) mass is 306 g/mol. The number of nitrogens with one attached hydrogen (secondary N) is 1. The number of aliphatic hydroxyl groups is 1. The fourth-order valence-electron chi connectivity index (χ4n) is 2.86. The average Bonchev–Trinajstić information content (AvgIpc) is 2.98. The van der Waals surface area contributed by atoms with E-state index in [-0.39, 0.29) is 18.7 Å². The number of carbonyl (C=O) groups excluding carboxylic acids is 1. The van der Waals surface area contributed by atoms with Crippen LogP contribution in [0.2, 0.25) is 0 Å². The Bertz CT molecular complexity index is 484. The molecule has 0 radical (unpaired) electrons. The van der Waals surface area contributed by atoms with Crippen molar-refractivity contribution in [2.75, 3.05) is 26.3 Å². The van der Waals surface area contributed by atoms with Crippen LogP contribution in [-0.2, 0) is 0 Å². The van der Waals surface area contributed by atoms with Crippen molar-refractivity contribution in [1.82, 2.24) is 10.2 Å². The summed E-state index contributed by atoms with van der Waals surface area (Å²) in [5, 5.41) is 12.1. The number of ether oxygens (including phenoxy) is 1. The Morgan fingerprint density at radius 1 is 1.41 bits per heavy atom. The Morgan fingerprint density at radius 2 is 2.14 bits per heavy atom. The Labute approximate surface area is 132 Å². The predicted molar refractivity (Wildman–Crippen MR) is 86.2 cm³/mol. The molecule has 1 heterocycles. The second-order valence-corrected chi connectivity index (χ2v) is 5.83. The molecule has 22 heavy (non-hydrogen) atoms. The van der Waals surface area contributed by atoms with Crippen molar-refractivity contribution in [2.24, 2.45) is 0 Å². The molecule has 1 aliphatic heterocycles. The molecule has 1 aromatic carbocycles. The number of benzene rings is 1. The van der Waals surface area contributed by atoms with Gasteiger partial charge in [0, 0.05) is 13.1 Å². The number of aliphatic hydroxyl groups excluding tert-OH is 1. The smallest absolute Gasteiger partial charge is 0.317 e. The van der Waals surface area contributed by atoms with Crippen LogP contribution in [0.15, 0.2) is 18.2 Å². The molecule has 0 spiro atoms. The second kappa shape index (κ2) is 8.03. The van der Waals surface area contributed by atoms with Gasteiger partial charge in [0.15, 0.2) is 0 Å². The van der Waals surface area contributed by atoms with Gasteiger partial charge >= 0.3 is 6.03 Å². The number of likely N-dealkylation sites (tertiary alicyclic amines) is 1. The Morgan fingerprint density at radius 3 is 2.82 bits per heavy atom. The number of rotatable bonds is 6. The fraction of sp³-hybridized carbons (Fsp3) is 0.588. The lowest BCUT2D eigenvalue weighted by molar-refractivity contribution is 0.156. The first-order valence-corrected chi connectivity index (χ1v) is 7.98. The highest BCUT2D eigenvalue weighted by Gasteiger charge is 2.27. The molecule has 5 nitrogen and oxygen atoms in total. The van der Waals surface area contributed by atoms with Crippen molar-refractivity contribution in [1.29, 1.82) is 0 Å². The van der Waals surface area contributed by atoms with Crippen molar-refractivity contribution in [3.63, 3.8) is 0 Å². The molecule has 1 atom stereocenters. The molecule has 0 aliphatic carbocycles. The molecule has 2 rings (SSSR count). The van der Waals surface area contributed by atoms with E-state index in [1.54, 1.807) is 4.90 Å². The number of nitrogens with zero attached hydrogens (tertiary/aromatic N) is 1. The van der Waals surface area contributed by atoms with Crippen molar-refractivity contribution in [2.45, 2.75) is 39.2 Å². The lowest BCUT2D eigenvalue weighted by Gasteiger charge is -2.23. The minimum atomic E-state index is -0.0800. The van der Waals surface area contributed by atoms with Gasteiger partial charge < -0.3 is 20.1 Å². The molecule has 1 saturated heterocycles. The molecule has 2 amide bonds. The van der Waals surface area contributed by atoms with Gasteiger partial charge in [0.25, 0.3) is 0 Å². The molecular weight excluding hydrogens is 280 g/mol.